The van der Waals surface area contributed by atoms with E-state index in [1.165, 1.54) is 18.6 Å². The number of rotatable bonds is 7. The summed E-state index contributed by atoms with van der Waals surface area (Å²) in [5, 5.41) is 9.26. The Labute approximate surface area is 103 Å². The van der Waals surface area contributed by atoms with E-state index in [0.717, 1.165) is 32.5 Å². The molecule has 1 aliphatic rings. The maximum Gasteiger partial charge on any atom is 0.310 e. The van der Waals surface area contributed by atoms with Crippen LogP contribution in [0.4, 0.5) is 0 Å². The molecule has 1 saturated heterocycles. The Balaban J connectivity index is 2.31. The van der Waals surface area contributed by atoms with E-state index in [9.17, 15) is 9.90 Å². The first-order chi connectivity index (χ1) is 7.64. The molecular weight excluding hydrogens is 222 g/mol. The lowest BCUT2D eigenvalue weighted by atomic mass is 9.84. The van der Waals surface area contributed by atoms with Crippen LogP contribution in [0, 0.1) is 5.41 Å². The molecule has 0 aromatic rings. The number of nitrogens with zero attached hydrogens (tertiary/aromatic N) is 1. The van der Waals surface area contributed by atoms with Crippen molar-refractivity contribution in [3.05, 3.63) is 0 Å². The van der Waals surface area contributed by atoms with Crippen LogP contribution >= 0.6 is 11.8 Å². The fraction of sp³-hybridized carbons (Fsp3) is 0.917. The van der Waals surface area contributed by atoms with Gasteiger partial charge in [-0.3, -0.25) is 4.79 Å². The lowest BCUT2D eigenvalue weighted by Gasteiger charge is -2.23. The molecule has 0 aromatic carbocycles. The molecule has 3 nitrogen and oxygen atoms in total. The highest BCUT2D eigenvalue weighted by Gasteiger charge is 2.42. The van der Waals surface area contributed by atoms with Crippen LogP contribution in [0.5, 0.6) is 0 Å². The molecule has 0 radical (unpaired) electrons. The largest absolute Gasteiger partial charge is 0.481 e. The van der Waals surface area contributed by atoms with Crippen molar-refractivity contribution in [1.29, 1.82) is 0 Å². The minimum absolute atomic E-state index is 0.459. The van der Waals surface area contributed by atoms with Crippen LogP contribution in [0.1, 0.15) is 32.6 Å². The average Bonchev–Trinajstić information content (AvgIpc) is 2.69. The summed E-state index contributed by atoms with van der Waals surface area (Å²) in [7, 11) is 0. The van der Waals surface area contributed by atoms with Gasteiger partial charge in [0, 0.05) is 6.54 Å². The summed E-state index contributed by atoms with van der Waals surface area (Å²) in [4.78, 5) is 13.6. The highest BCUT2D eigenvalue weighted by Crippen LogP contribution is 2.34. The van der Waals surface area contributed by atoms with Crippen LogP contribution in [0.2, 0.25) is 0 Å². The van der Waals surface area contributed by atoms with Crippen LogP contribution in [0.3, 0.4) is 0 Å². The lowest BCUT2D eigenvalue weighted by Crippen LogP contribution is -2.34. The maximum atomic E-state index is 11.2. The number of hydrogen-bond acceptors (Lipinski definition) is 3. The van der Waals surface area contributed by atoms with Gasteiger partial charge in [-0.15, -0.1) is 0 Å². The summed E-state index contributed by atoms with van der Waals surface area (Å²) < 4.78 is 0. The SMILES string of the molecule is CCC1(C(=O)O)CCN(CCCCSC)C1. The van der Waals surface area contributed by atoms with Crippen LogP contribution in [0.15, 0.2) is 0 Å². The second-order valence-electron chi connectivity index (χ2n) is 4.67. The first-order valence-corrected chi connectivity index (χ1v) is 7.48. The van der Waals surface area contributed by atoms with Crippen LogP contribution in [0.25, 0.3) is 0 Å². The molecule has 1 rings (SSSR count). The Bertz CT molecular complexity index is 235. The fourth-order valence-corrected chi connectivity index (χ4v) is 2.84. The molecule has 1 heterocycles. The summed E-state index contributed by atoms with van der Waals surface area (Å²) in [6.45, 7) is 4.76. The van der Waals surface area contributed by atoms with Gasteiger partial charge in [0.2, 0.25) is 0 Å². The van der Waals surface area contributed by atoms with Crippen LogP contribution in [-0.4, -0.2) is 47.6 Å². The monoisotopic (exact) mass is 245 g/mol. The summed E-state index contributed by atoms with van der Waals surface area (Å²) in [6, 6.07) is 0. The van der Waals surface area contributed by atoms with E-state index in [2.05, 4.69) is 11.2 Å². The van der Waals surface area contributed by atoms with Crippen LogP contribution in [-0.2, 0) is 4.79 Å². The van der Waals surface area contributed by atoms with E-state index >= 15 is 0 Å². The number of thioether (sulfide) groups is 1. The third-order valence-corrected chi connectivity index (χ3v) is 4.33. The van der Waals surface area contributed by atoms with Crippen molar-refractivity contribution in [3.63, 3.8) is 0 Å². The smallest absolute Gasteiger partial charge is 0.310 e. The zero-order valence-electron chi connectivity index (χ0n) is 10.4. The first kappa shape index (κ1) is 13.8. The third-order valence-electron chi connectivity index (χ3n) is 3.64. The predicted octanol–water partition coefficient (Wildman–Crippen LogP) is 2.32. The Kier molecular flexibility index (Phi) is 5.62. The fourth-order valence-electron chi connectivity index (χ4n) is 2.35. The molecule has 1 unspecified atom stereocenters. The number of carboxylic acids is 1. The highest BCUT2D eigenvalue weighted by atomic mass is 32.2. The maximum absolute atomic E-state index is 11.2. The number of likely N-dealkylation sites (tertiary alicyclic amines) is 1. The number of aliphatic carboxylic acids is 1. The lowest BCUT2D eigenvalue weighted by molar-refractivity contribution is -0.148. The first-order valence-electron chi connectivity index (χ1n) is 6.09. The normalized spacial score (nSPS) is 26.1. The Hall–Kier alpha value is -0.220. The van der Waals surface area contributed by atoms with Gasteiger partial charge in [-0.05, 0) is 50.8 Å². The van der Waals surface area contributed by atoms with Gasteiger partial charge < -0.3 is 10.0 Å². The topological polar surface area (TPSA) is 40.5 Å². The van der Waals surface area contributed by atoms with Gasteiger partial charge in [-0.25, -0.2) is 0 Å². The third kappa shape index (κ3) is 3.39. The zero-order chi connectivity index (χ0) is 12.0. The number of carboxylic acid groups (broad SMARTS) is 1. The number of hydrogen-bond donors (Lipinski definition) is 1. The van der Waals surface area contributed by atoms with Gasteiger partial charge in [0.1, 0.15) is 0 Å². The van der Waals surface area contributed by atoms with Crippen molar-refractivity contribution in [3.8, 4) is 0 Å². The molecule has 1 aliphatic heterocycles. The molecule has 0 bridgehead atoms. The van der Waals surface area contributed by atoms with Crippen molar-refractivity contribution in [2.45, 2.75) is 32.6 Å². The van der Waals surface area contributed by atoms with E-state index in [4.69, 9.17) is 0 Å². The van der Waals surface area contributed by atoms with E-state index in [-0.39, 0.29) is 0 Å². The average molecular weight is 245 g/mol. The molecule has 0 aromatic heterocycles. The second kappa shape index (κ2) is 6.50. The molecule has 1 N–H and O–H groups in total. The molecule has 1 atom stereocenters. The molecule has 0 aliphatic carbocycles. The van der Waals surface area contributed by atoms with Crippen molar-refractivity contribution in [2.75, 3.05) is 31.6 Å². The summed E-state index contributed by atoms with van der Waals surface area (Å²) in [5.41, 5.74) is -0.459. The Morgan fingerprint density at radius 2 is 2.25 bits per heavy atom. The standard InChI is InChI=1S/C12H23NO2S/c1-3-12(11(14)15)6-8-13(10-12)7-4-5-9-16-2/h3-10H2,1-2H3,(H,14,15). The Morgan fingerprint density at radius 3 is 2.75 bits per heavy atom. The molecule has 0 spiro atoms. The molecule has 94 valence electrons. The molecule has 0 amide bonds. The summed E-state index contributed by atoms with van der Waals surface area (Å²) in [6.07, 6.45) is 6.14. The molecule has 1 fully saturated rings. The summed E-state index contributed by atoms with van der Waals surface area (Å²) >= 11 is 1.88. The quantitative estimate of drug-likeness (QED) is 0.699. The minimum atomic E-state index is -0.610. The van der Waals surface area contributed by atoms with Gasteiger partial charge in [0.25, 0.3) is 0 Å². The van der Waals surface area contributed by atoms with Gasteiger partial charge in [0.05, 0.1) is 5.41 Å². The van der Waals surface area contributed by atoms with Crippen molar-refractivity contribution < 1.29 is 9.90 Å². The molecule has 4 heteroatoms. The number of carbonyl (C=O) groups is 1. The van der Waals surface area contributed by atoms with Gasteiger partial charge in [-0.2, -0.15) is 11.8 Å². The van der Waals surface area contributed by atoms with E-state index in [1.54, 1.807) is 0 Å². The van der Waals surface area contributed by atoms with Crippen molar-refractivity contribution in [1.82, 2.24) is 4.90 Å². The van der Waals surface area contributed by atoms with Gasteiger partial charge >= 0.3 is 5.97 Å². The van der Waals surface area contributed by atoms with Crippen molar-refractivity contribution >= 4 is 17.7 Å². The predicted molar refractivity (Wildman–Crippen MR) is 69.0 cm³/mol. The highest BCUT2D eigenvalue weighted by molar-refractivity contribution is 7.98. The van der Waals surface area contributed by atoms with Crippen molar-refractivity contribution in [2.24, 2.45) is 5.41 Å². The van der Waals surface area contributed by atoms with E-state index in [1.807, 2.05) is 18.7 Å². The zero-order valence-corrected chi connectivity index (χ0v) is 11.2. The Morgan fingerprint density at radius 1 is 1.50 bits per heavy atom. The molecule has 0 saturated carbocycles. The van der Waals surface area contributed by atoms with Gasteiger partial charge in [0.15, 0.2) is 0 Å². The minimum Gasteiger partial charge on any atom is -0.481 e. The molecular formula is C12H23NO2S. The summed E-state index contributed by atoms with van der Waals surface area (Å²) in [5.74, 6) is 0.604. The van der Waals surface area contributed by atoms with E-state index < -0.39 is 11.4 Å². The van der Waals surface area contributed by atoms with Crippen LogP contribution < -0.4 is 0 Å². The van der Waals surface area contributed by atoms with E-state index in [0.29, 0.717) is 0 Å². The number of unbranched alkanes of at least 4 members (excludes halogenated alkanes) is 1. The second-order valence-corrected chi connectivity index (χ2v) is 5.65. The van der Waals surface area contributed by atoms with Gasteiger partial charge in [-0.1, -0.05) is 6.92 Å². The molecule has 16 heavy (non-hydrogen) atoms.